The van der Waals surface area contributed by atoms with Crippen molar-refractivity contribution in [3.05, 3.63) is 65.2 Å². The second-order valence-corrected chi connectivity index (χ2v) is 7.08. The molecule has 0 aliphatic heterocycles. The number of Topliss-reactive ketones (excluding diaryl/α,β-unsaturated/α-hetero) is 1. The van der Waals surface area contributed by atoms with Crippen LogP contribution >= 0.6 is 0 Å². The van der Waals surface area contributed by atoms with Crippen LogP contribution in [0.15, 0.2) is 48.5 Å². The van der Waals surface area contributed by atoms with Crippen molar-refractivity contribution in [3.63, 3.8) is 0 Å². The van der Waals surface area contributed by atoms with E-state index in [0.29, 0.717) is 11.3 Å². The van der Waals surface area contributed by atoms with E-state index in [1.807, 2.05) is 49.4 Å². The van der Waals surface area contributed by atoms with Gasteiger partial charge < -0.3 is 10.1 Å². The van der Waals surface area contributed by atoms with Crippen LogP contribution in [0.5, 0.6) is 5.75 Å². The van der Waals surface area contributed by atoms with E-state index in [-0.39, 0.29) is 30.3 Å². The molecule has 2 aromatic carbocycles. The minimum Gasteiger partial charge on any atom is -0.484 e. The van der Waals surface area contributed by atoms with Crippen LogP contribution < -0.4 is 10.1 Å². The summed E-state index contributed by atoms with van der Waals surface area (Å²) < 4.78 is 5.47. The van der Waals surface area contributed by atoms with Gasteiger partial charge in [0.15, 0.2) is 12.4 Å². The van der Waals surface area contributed by atoms with Crippen molar-refractivity contribution >= 4 is 11.7 Å². The Kier molecular flexibility index (Phi) is 5.97. The maximum absolute atomic E-state index is 12.1. The van der Waals surface area contributed by atoms with Gasteiger partial charge in [-0.15, -0.1) is 0 Å². The van der Waals surface area contributed by atoms with Crippen molar-refractivity contribution in [1.82, 2.24) is 5.32 Å². The zero-order valence-corrected chi connectivity index (χ0v) is 15.3. The Hall–Kier alpha value is -2.62. The second kappa shape index (κ2) is 7.97. The number of benzene rings is 2. The Morgan fingerprint density at radius 3 is 2.24 bits per heavy atom. The number of nitrogens with one attached hydrogen (secondary N) is 1. The lowest BCUT2D eigenvalue weighted by molar-refractivity contribution is -0.122. The average Bonchev–Trinajstić information content (AvgIpc) is 2.58. The number of rotatable bonds is 6. The maximum Gasteiger partial charge on any atom is 0.258 e. The smallest absolute Gasteiger partial charge is 0.258 e. The molecule has 0 spiro atoms. The predicted octanol–water partition coefficient (Wildman–Crippen LogP) is 3.67. The molecule has 2 aromatic rings. The van der Waals surface area contributed by atoms with Crippen LogP contribution in [0.1, 0.15) is 42.3 Å². The first-order chi connectivity index (χ1) is 11.8. The fraction of sp³-hybridized carbons (Fsp3) is 0.333. The molecule has 0 radical (unpaired) electrons. The quantitative estimate of drug-likeness (QED) is 0.817. The molecule has 25 heavy (non-hydrogen) atoms. The largest absolute Gasteiger partial charge is 0.484 e. The predicted molar refractivity (Wildman–Crippen MR) is 99.2 cm³/mol. The lowest BCUT2D eigenvalue weighted by atomic mass is 9.87. The molecular formula is C21H25NO3. The van der Waals surface area contributed by atoms with Crippen molar-refractivity contribution in [2.75, 3.05) is 13.2 Å². The molecule has 0 fully saturated rings. The van der Waals surface area contributed by atoms with Crippen LogP contribution in [-0.2, 0) is 10.2 Å². The van der Waals surface area contributed by atoms with E-state index in [0.717, 1.165) is 5.56 Å². The van der Waals surface area contributed by atoms with Crippen LogP contribution in [0.25, 0.3) is 0 Å². The molecule has 0 saturated heterocycles. The molecule has 132 valence electrons. The van der Waals surface area contributed by atoms with Crippen LogP contribution in [-0.4, -0.2) is 24.8 Å². The molecule has 4 nitrogen and oxygen atoms in total. The van der Waals surface area contributed by atoms with Gasteiger partial charge in [-0.1, -0.05) is 57.2 Å². The molecule has 0 saturated carbocycles. The van der Waals surface area contributed by atoms with Crippen molar-refractivity contribution < 1.29 is 14.3 Å². The van der Waals surface area contributed by atoms with Gasteiger partial charge in [-0.05, 0) is 35.6 Å². The Morgan fingerprint density at radius 2 is 1.64 bits per heavy atom. The number of hydrogen-bond donors (Lipinski definition) is 1. The third kappa shape index (κ3) is 5.45. The zero-order chi connectivity index (χ0) is 18.4. The van der Waals surface area contributed by atoms with Gasteiger partial charge in [-0.3, -0.25) is 9.59 Å². The van der Waals surface area contributed by atoms with E-state index in [2.05, 4.69) is 26.1 Å². The number of hydrogen-bond acceptors (Lipinski definition) is 3. The summed E-state index contributed by atoms with van der Waals surface area (Å²) in [5.74, 6) is 0.205. The van der Waals surface area contributed by atoms with E-state index in [9.17, 15) is 9.59 Å². The van der Waals surface area contributed by atoms with Gasteiger partial charge in [0.25, 0.3) is 5.91 Å². The van der Waals surface area contributed by atoms with Gasteiger partial charge in [0.05, 0.1) is 6.54 Å². The number of ketones is 1. The van der Waals surface area contributed by atoms with Crippen LogP contribution in [0.2, 0.25) is 0 Å². The number of amides is 1. The third-order valence-electron chi connectivity index (χ3n) is 3.98. The molecule has 0 aromatic heterocycles. The Labute approximate surface area is 149 Å². The first kappa shape index (κ1) is 18.7. The summed E-state index contributed by atoms with van der Waals surface area (Å²) in [6.07, 6.45) is 0. The summed E-state index contributed by atoms with van der Waals surface area (Å²) in [5.41, 5.74) is 2.80. The van der Waals surface area contributed by atoms with Gasteiger partial charge in [-0.2, -0.15) is 0 Å². The Balaban J connectivity index is 1.81. The van der Waals surface area contributed by atoms with Crippen LogP contribution in [0.3, 0.4) is 0 Å². The minimum atomic E-state index is -0.318. The first-order valence-corrected chi connectivity index (χ1v) is 8.36. The van der Waals surface area contributed by atoms with E-state index >= 15 is 0 Å². The monoisotopic (exact) mass is 339 g/mol. The van der Waals surface area contributed by atoms with E-state index in [4.69, 9.17) is 4.74 Å². The Morgan fingerprint density at radius 1 is 1.00 bits per heavy atom. The SMILES string of the molecule is Cc1ccccc1C(=O)CNC(=O)COc1ccc(C(C)(C)C)cc1. The third-order valence-corrected chi connectivity index (χ3v) is 3.98. The lowest BCUT2D eigenvalue weighted by Crippen LogP contribution is -2.33. The summed E-state index contributed by atoms with van der Waals surface area (Å²) in [6, 6.07) is 15.0. The highest BCUT2D eigenvalue weighted by Gasteiger charge is 2.13. The standard InChI is InChI=1S/C21H25NO3/c1-15-7-5-6-8-18(15)19(23)13-22-20(24)14-25-17-11-9-16(10-12-17)21(2,3)4/h5-12H,13-14H2,1-4H3,(H,22,24). The summed E-state index contributed by atoms with van der Waals surface area (Å²) in [7, 11) is 0. The number of aryl methyl sites for hydroxylation is 1. The molecule has 0 unspecified atom stereocenters. The molecule has 1 amide bonds. The molecule has 1 N–H and O–H groups in total. The molecule has 0 atom stereocenters. The average molecular weight is 339 g/mol. The van der Waals surface area contributed by atoms with Crippen molar-refractivity contribution in [2.45, 2.75) is 33.1 Å². The summed E-state index contributed by atoms with van der Waals surface area (Å²) in [5, 5.41) is 2.60. The van der Waals surface area contributed by atoms with Crippen LogP contribution in [0.4, 0.5) is 0 Å². The van der Waals surface area contributed by atoms with Gasteiger partial charge in [-0.25, -0.2) is 0 Å². The summed E-state index contributed by atoms with van der Waals surface area (Å²) in [4.78, 5) is 24.0. The van der Waals surface area contributed by atoms with Crippen molar-refractivity contribution in [3.8, 4) is 5.75 Å². The Bertz CT molecular complexity index is 742. The van der Waals surface area contributed by atoms with E-state index in [1.165, 1.54) is 5.56 Å². The fourth-order valence-electron chi connectivity index (χ4n) is 2.41. The maximum atomic E-state index is 12.1. The van der Waals surface area contributed by atoms with Crippen molar-refractivity contribution in [1.29, 1.82) is 0 Å². The summed E-state index contributed by atoms with van der Waals surface area (Å²) in [6.45, 7) is 8.15. The van der Waals surface area contributed by atoms with Gasteiger partial charge in [0.1, 0.15) is 5.75 Å². The number of carbonyl (C=O) groups excluding carboxylic acids is 2. The normalized spacial score (nSPS) is 11.0. The molecular weight excluding hydrogens is 314 g/mol. The molecule has 0 heterocycles. The van der Waals surface area contributed by atoms with Crippen molar-refractivity contribution in [2.24, 2.45) is 0 Å². The molecule has 0 aliphatic rings. The number of carbonyl (C=O) groups is 2. The van der Waals surface area contributed by atoms with Gasteiger partial charge in [0.2, 0.25) is 0 Å². The highest BCUT2D eigenvalue weighted by atomic mass is 16.5. The lowest BCUT2D eigenvalue weighted by Gasteiger charge is -2.19. The topological polar surface area (TPSA) is 55.4 Å². The number of ether oxygens (including phenoxy) is 1. The second-order valence-electron chi connectivity index (χ2n) is 7.08. The molecule has 4 heteroatoms. The molecule has 0 aliphatic carbocycles. The van der Waals surface area contributed by atoms with Crippen LogP contribution in [0, 0.1) is 6.92 Å². The van der Waals surface area contributed by atoms with E-state index < -0.39 is 0 Å². The molecule has 0 bridgehead atoms. The van der Waals surface area contributed by atoms with Gasteiger partial charge in [0, 0.05) is 5.56 Å². The highest BCUT2D eigenvalue weighted by molar-refractivity contribution is 6.00. The summed E-state index contributed by atoms with van der Waals surface area (Å²) >= 11 is 0. The fourth-order valence-corrected chi connectivity index (χ4v) is 2.41. The minimum absolute atomic E-state index is 0.0317. The molecule has 2 rings (SSSR count). The van der Waals surface area contributed by atoms with E-state index in [1.54, 1.807) is 6.07 Å². The zero-order valence-electron chi connectivity index (χ0n) is 15.3. The van der Waals surface area contributed by atoms with Gasteiger partial charge >= 0.3 is 0 Å². The first-order valence-electron chi connectivity index (χ1n) is 8.36. The highest BCUT2D eigenvalue weighted by Crippen LogP contribution is 2.24.